The number of nitrogens with zero attached hydrogens (tertiary/aromatic N) is 2. The van der Waals surface area contributed by atoms with Crippen LogP contribution < -0.4 is 15.4 Å². The summed E-state index contributed by atoms with van der Waals surface area (Å²) < 4.78 is 6.21. The molecule has 33 heavy (non-hydrogen) atoms. The molecule has 0 bridgehead atoms. The molecule has 180 valence electrons. The zero-order valence-electron chi connectivity index (χ0n) is 19.0. The number of rotatable bonds is 9. The monoisotopic (exact) mass is 526 g/mol. The molecule has 0 radical (unpaired) electrons. The summed E-state index contributed by atoms with van der Waals surface area (Å²) in [4.78, 5) is 10.5. The molecule has 2 N–H and O–H groups in total. The fraction of sp³-hybridized carbons (Fsp3) is 0.417. The SMILES string of the molecule is CC(C)c1csc(Nc2ncc(SCC3CCNCC3)cc2OCc2ccccc2)n1.Cl.Cl. The lowest BCUT2D eigenvalue weighted by Crippen LogP contribution is -2.28. The highest BCUT2D eigenvalue weighted by Crippen LogP contribution is 2.34. The molecule has 0 amide bonds. The molecule has 2 aromatic heterocycles. The van der Waals surface area contributed by atoms with Crippen LogP contribution >= 0.6 is 47.9 Å². The summed E-state index contributed by atoms with van der Waals surface area (Å²) in [5, 5.41) is 9.75. The lowest BCUT2D eigenvalue weighted by Gasteiger charge is -2.22. The van der Waals surface area contributed by atoms with E-state index in [4.69, 9.17) is 9.72 Å². The van der Waals surface area contributed by atoms with Crippen molar-refractivity contribution in [1.82, 2.24) is 15.3 Å². The van der Waals surface area contributed by atoms with Gasteiger partial charge in [-0.05, 0) is 49.4 Å². The van der Waals surface area contributed by atoms with Crippen molar-refractivity contribution in [3.05, 3.63) is 59.2 Å². The van der Waals surface area contributed by atoms with Crippen LogP contribution in [0.25, 0.3) is 0 Å². The van der Waals surface area contributed by atoms with Gasteiger partial charge in [-0.3, -0.25) is 0 Å². The number of aromatic nitrogens is 2. The van der Waals surface area contributed by atoms with Crippen LogP contribution in [0.4, 0.5) is 10.9 Å². The van der Waals surface area contributed by atoms with Crippen LogP contribution in [0.15, 0.2) is 52.9 Å². The quantitative estimate of drug-likeness (QED) is 0.295. The Bertz CT molecular complexity index is 966. The molecule has 5 nitrogen and oxygen atoms in total. The largest absolute Gasteiger partial charge is 0.485 e. The molecule has 9 heteroatoms. The molecule has 0 aliphatic carbocycles. The molecular weight excluding hydrogens is 495 g/mol. The van der Waals surface area contributed by atoms with Gasteiger partial charge >= 0.3 is 0 Å². The Morgan fingerprint density at radius 3 is 2.64 bits per heavy atom. The number of ether oxygens (including phenoxy) is 1. The molecule has 3 aromatic rings. The second-order valence-corrected chi connectivity index (χ2v) is 10.1. The van der Waals surface area contributed by atoms with Gasteiger partial charge in [0.1, 0.15) is 6.61 Å². The van der Waals surface area contributed by atoms with Crippen LogP contribution in [0, 0.1) is 5.92 Å². The van der Waals surface area contributed by atoms with Crippen molar-refractivity contribution >= 4 is 58.9 Å². The standard InChI is InChI=1S/C24H30N4OS2.2ClH/c1-17(2)21-16-31-24(27-21)28-23-22(29-14-18-6-4-3-5-7-18)12-20(13-26-23)30-15-19-8-10-25-11-9-19;;/h3-7,12-13,16-17,19,25H,8-11,14-15H2,1-2H3,(H,26,27,28);2*1H. The highest BCUT2D eigenvalue weighted by molar-refractivity contribution is 7.99. The van der Waals surface area contributed by atoms with Gasteiger partial charge in [0.05, 0.1) is 5.69 Å². The van der Waals surface area contributed by atoms with Gasteiger partial charge in [0.15, 0.2) is 16.7 Å². The summed E-state index contributed by atoms with van der Waals surface area (Å²) >= 11 is 3.47. The first-order chi connectivity index (χ1) is 15.2. The Kier molecular flexibility index (Phi) is 11.8. The maximum Gasteiger partial charge on any atom is 0.188 e. The van der Waals surface area contributed by atoms with E-state index < -0.39 is 0 Å². The molecule has 0 spiro atoms. The Balaban J connectivity index is 0.00000193. The van der Waals surface area contributed by atoms with Crippen molar-refractivity contribution in [2.45, 2.75) is 44.1 Å². The van der Waals surface area contributed by atoms with Crippen molar-refractivity contribution in [1.29, 1.82) is 0 Å². The molecule has 0 unspecified atom stereocenters. The zero-order valence-corrected chi connectivity index (χ0v) is 22.2. The Morgan fingerprint density at radius 1 is 1.18 bits per heavy atom. The predicted molar refractivity (Wildman–Crippen MR) is 145 cm³/mol. The van der Waals surface area contributed by atoms with Gasteiger partial charge < -0.3 is 15.4 Å². The van der Waals surface area contributed by atoms with E-state index in [0.29, 0.717) is 18.3 Å². The summed E-state index contributed by atoms with van der Waals surface area (Å²) in [6.45, 7) is 7.07. The van der Waals surface area contributed by atoms with Crippen LogP contribution in [0.2, 0.25) is 0 Å². The number of anilines is 2. The third kappa shape index (κ3) is 8.34. The van der Waals surface area contributed by atoms with Gasteiger partial charge in [0, 0.05) is 22.2 Å². The molecule has 3 heterocycles. The van der Waals surface area contributed by atoms with Crippen LogP contribution in [0.3, 0.4) is 0 Å². The lowest BCUT2D eigenvalue weighted by atomic mass is 10.0. The summed E-state index contributed by atoms with van der Waals surface area (Å²) in [5.41, 5.74) is 2.23. The van der Waals surface area contributed by atoms with Crippen molar-refractivity contribution in [3.63, 3.8) is 0 Å². The lowest BCUT2D eigenvalue weighted by molar-refractivity contribution is 0.306. The maximum absolute atomic E-state index is 6.21. The van der Waals surface area contributed by atoms with Gasteiger partial charge in [-0.2, -0.15) is 0 Å². The number of piperidine rings is 1. The summed E-state index contributed by atoms with van der Waals surface area (Å²) in [6.07, 6.45) is 4.44. The van der Waals surface area contributed by atoms with E-state index in [1.807, 2.05) is 36.2 Å². The minimum absolute atomic E-state index is 0. The molecule has 1 aromatic carbocycles. The molecule has 1 aliphatic rings. The summed E-state index contributed by atoms with van der Waals surface area (Å²) in [5.74, 6) is 3.77. The third-order valence-electron chi connectivity index (χ3n) is 5.35. The number of thioether (sulfide) groups is 1. The highest BCUT2D eigenvalue weighted by atomic mass is 35.5. The first kappa shape index (κ1) is 27.7. The number of pyridine rings is 1. The van der Waals surface area contributed by atoms with Gasteiger partial charge in [0.2, 0.25) is 0 Å². The minimum Gasteiger partial charge on any atom is -0.485 e. The fourth-order valence-corrected chi connectivity index (χ4v) is 5.37. The number of hydrogen-bond acceptors (Lipinski definition) is 7. The van der Waals surface area contributed by atoms with Crippen LogP contribution in [-0.2, 0) is 6.61 Å². The first-order valence-corrected chi connectivity index (χ1v) is 12.8. The predicted octanol–water partition coefficient (Wildman–Crippen LogP) is 6.92. The Hall–Kier alpha value is -1.51. The van der Waals surface area contributed by atoms with E-state index in [0.717, 1.165) is 51.8 Å². The zero-order chi connectivity index (χ0) is 21.5. The number of hydrogen-bond donors (Lipinski definition) is 2. The average molecular weight is 528 g/mol. The minimum atomic E-state index is 0. The third-order valence-corrected chi connectivity index (χ3v) is 7.32. The highest BCUT2D eigenvalue weighted by Gasteiger charge is 2.15. The molecule has 0 saturated carbocycles. The number of benzene rings is 1. The maximum atomic E-state index is 6.21. The smallest absolute Gasteiger partial charge is 0.188 e. The second kappa shape index (κ2) is 14.0. The normalized spacial score (nSPS) is 13.8. The van der Waals surface area contributed by atoms with Gasteiger partial charge in [-0.1, -0.05) is 44.2 Å². The fourth-order valence-electron chi connectivity index (χ4n) is 3.42. The average Bonchev–Trinajstić information content (AvgIpc) is 3.28. The van der Waals surface area contributed by atoms with Gasteiger partial charge in [-0.15, -0.1) is 47.9 Å². The molecule has 4 rings (SSSR count). The number of thiazole rings is 1. The summed E-state index contributed by atoms with van der Waals surface area (Å²) in [6, 6.07) is 12.3. The van der Waals surface area contributed by atoms with Gasteiger partial charge in [0.25, 0.3) is 0 Å². The van der Waals surface area contributed by atoms with Crippen LogP contribution in [0.5, 0.6) is 5.75 Å². The van der Waals surface area contributed by atoms with E-state index in [1.54, 1.807) is 11.3 Å². The van der Waals surface area contributed by atoms with Crippen molar-refractivity contribution in [3.8, 4) is 5.75 Å². The summed E-state index contributed by atoms with van der Waals surface area (Å²) in [7, 11) is 0. The second-order valence-electron chi connectivity index (χ2n) is 8.15. The Labute approximate surface area is 217 Å². The molecule has 0 atom stereocenters. The molecular formula is C24H32Cl2N4OS2. The van der Waals surface area contributed by atoms with E-state index in [-0.39, 0.29) is 24.8 Å². The number of halogens is 2. The number of nitrogens with one attached hydrogen (secondary N) is 2. The van der Waals surface area contributed by atoms with Crippen molar-refractivity contribution in [2.24, 2.45) is 5.92 Å². The van der Waals surface area contributed by atoms with E-state index in [9.17, 15) is 0 Å². The van der Waals surface area contributed by atoms with E-state index in [2.05, 4.69) is 53.0 Å². The Morgan fingerprint density at radius 2 is 1.94 bits per heavy atom. The first-order valence-electron chi connectivity index (χ1n) is 10.9. The topological polar surface area (TPSA) is 59.1 Å². The molecule has 1 fully saturated rings. The van der Waals surface area contributed by atoms with E-state index >= 15 is 0 Å². The molecule has 1 aliphatic heterocycles. The van der Waals surface area contributed by atoms with Crippen molar-refractivity contribution in [2.75, 3.05) is 24.2 Å². The van der Waals surface area contributed by atoms with Crippen LogP contribution in [0.1, 0.15) is 43.9 Å². The van der Waals surface area contributed by atoms with Crippen molar-refractivity contribution < 1.29 is 4.74 Å². The van der Waals surface area contributed by atoms with Gasteiger partial charge in [-0.25, -0.2) is 9.97 Å². The molecule has 1 saturated heterocycles. The van der Waals surface area contributed by atoms with Crippen LogP contribution in [-0.4, -0.2) is 28.8 Å². The van der Waals surface area contributed by atoms with E-state index in [1.165, 1.54) is 12.8 Å².